The van der Waals surface area contributed by atoms with Gasteiger partial charge in [-0.05, 0) is 19.4 Å². The van der Waals surface area contributed by atoms with Crippen LogP contribution in [0.4, 0.5) is 0 Å². The zero-order valence-electron chi connectivity index (χ0n) is 6.22. The van der Waals surface area contributed by atoms with Crippen molar-refractivity contribution in [1.82, 2.24) is 11.5 Å². The molecule has 0 spiro atoms. The molecule has 60 valence electrons. The Morgan fingerprint density at radius 2 is 2.30 bits per heavy atom. The van der Waals surface area contributed by atoms with E-state index in [9.17, 15) is 9.90 Å². The zero-order chi connectivity index (χ0) is 6.69. The molecule has 0 radical (unpaired) electrons. The third-order valence-corrected chi connectivity index (χ3v) is 1.63. The first kappa shape index (κ1) is 9.39. The van der Waals surface area contributed by atoms with E-state index in [1.165, 1.54) is 0 Å². The summed E-state index contributed by atoms with van der Waals surface area (Å²) in [5.41, 5.74) is 0. The molecule has 4 heteroatoms. The summed E-state index contributed by atoms with van der Waals surface area (Å²) in [7, 11) is 0. The van der Waals surface area contributed by atoms with Crippen molar-refractivity contribution in [2.24, 2.45) is 5.92 Å². The fraction of sp³-hybridized carbons (Fsp3) is 0.833. The van der Waals surface area contributed by atoms with Crippen LogP contribution in [0.5, 0.6) is 0 Å². The number of hydrogen-bond donors (Lipinski definition) is 2. The highest BCUT2D eigenvalue weighted by molar-refractivity contribution is 5.67. The average molecular weight is 146 g/mol. The molecule has 1 saturated heterocycles. The lowest BCUT2D eigenvalue weighted by Crippen LogP contribution is -2.41. The van der Waals surface area contributed by atoms with Gasteiger partial charge in [0.05, 0.1) is 0 Å². The Balaban J connectivity index is 0.000000810. The summed E-state index contributed by atoms with van der Waals surface area (Å²) < 4.78 is 0. The van der Waals surface area contributed by atoms with Crippen molar-refractivity contribution in [2.45, 2.75) is 12.8 Å². The van der Waals surface area contributed by atoms with E-state index in [-0.39, 0.29) is 12.1 Å². The van der Waals surface area contributed by atoms with Crippen molar-refractivity contribution in [3.05, 3.63) is 0 Å². The van der Waals surface area contributed by atoms with Crippen molar-refractivity contribution in [3.8, 4) is 0 Å². The Hall–Kier alpha value is -0.610. The first-order valence-corrected chi connectivity index (χ1v) is 3.22. The minimum Gasteiger partial charge on any atom is -0.550 e. The van der Waals surface area contributed by atoms with Crippen molar-refractivity contribution >= 4 is 5.97 Å². The highest BCUT2D eigenvalue weighted by Gasteiger charge is 2.12. The van der Waals surface area contributed by atoms with Gasteiger partial charge in [0.2, 0.25) is 0 Å². The molecule has 0 saturated carbocycles. The molecule has 0 amide bonds. The van der Waals surface area contributed by atoms with Gasteiger partial charge in [0, 0.05) is 18.4 Å². The SMILES string of the molecule is O=C([O-])C1CCCNC1.[NH4+]. The minimum absolute atomic E-state index is 0. The van der Waals surface area contributed by atoms with Gasteiger partial charge in [-0.15, -0.1) is 0 Å². The molecular formula is C6H14N2O2. The summed E-state index contributed by atoms with van der Waals surface area (Å²) in [5, 5.41) is 13.2. The predicted molar refractivity (Wildman–Crippen MR) is 36.6 cm³/mol. The van der Waals surface area contributed by atoms with E-state index in [4.69, 9.17) is 0 Å². The molecule has 1 rings (SSSR count). The average Bonchev–Trinajstić information content (AvgIpc) is 1.90. The monoisotopic (exact) mass is 146 g/mol. The Kier molecular flexibility index (Phi) is 3.99. The van der Waals surface area contributed by atoms with Crippen molar-refractivity contribution in [1.29, 1.82) is 0 Å². The summed E-state index contributed by atoms with van der Waals surface area (Å²) in [6.45, 7) is 1.53. The predicted octanol–water partition coefficient (Wildman–Crippen LogP) is -0.888. The number of aliphatic carboxylic acids is 1. The maximum Gasteiger partial charge on any atom is 0.0458 e. The lowest BCUT2D eigenvalue weighted by Gasteiger charge is -2.22. The van der Waals surface area contributed by atoms with Gasteiger partial charge in [0.15, 0.2) is 0 Å². The number of carbonyl (C=O) groups excluding carboxylic acids is 1. The largest absolute Gasteiger partial charge is 0.550 e. The Labute approximate surface area is 60.2 Å². The summed E-state index contributed by atoms with van der Waals surface area (Å²) in [6.07, 6.45) is 1.73. The minimum atomic E-state index is -0.915. The van der Waals surface area contributed by atoms with Gasteiger partial charge < -0.3 is 21.4 Å². The number of nitrogens with one attached hydrogen (secondary N) is 1. The van der Waals surface area contributed by atoms with Crippen LogP contribution < -0.4 is 16.6 Å². The number of quaternary nitrogens is 1. The van der Waals surface area contributed by atoms with Crippen LogP contribution in [-0.4, -0.2) is 19.1 Å². The second-order valence-electron chi connectivity index (χ2n) is 2.36. The van der Waals surface area contributed by atoms with Gasteiger partial charge >= 0.3 is 0 Å². The van der Waals surface area contributed by atoms with E-state index in [0.717, 1.165) is 19.4 Å². The highest BCUT2D eigenvalue weighted by atomic mass is 16.4. The normalized spacial score (nSPS) is 25.0. The Bertz CT molecular complexity index is 110. The Morgan fingerprint density at radius 1 is 1.60 bits per heavy atom. The fourth-order valence-electron chi connectivity index (χ4n) is 1.05. The van der Waals surface area contributed by atoms with Gasteiger partial charge in [-0.25, -0.2) is 0 Å². The third-order valence-electron chi connectivity index (χ3n) is 1.63. The molecule has 1 heterocycles. The third kappa shape index (κ3) is 2.33. The number of carbonyl (C=O) groups is 1. The van der Waals surface area contributed by atoms with E-state index in [1.54, 1.807) is 0 Å². The van der Waals surface area contributed by atoms with Crippen molar-refractivity contribution in [3.63, 3.8) is 0 Å². The summed E-state index contributed by atoms with van der Waals surface area (Å²) in [6, 6.07) is 0. The molecule has 0 aromatic carbocycles. The molecule has 1 atom stereocenters. The van der Waals surface area contributed by atoms with E-state index >= 15 is 0 Å². The molecule has 1 aliphatic rings. The van der Waals surface area contributed by atoms with Crippen LogP contribution in [0.1, 0.15) is 12.8 Å². The van der Waals surface area contributed by atoms with Gasteiger partial charge in [0.25, 0.3) is 0 Å². The molecule has 0 bridgehead atoms. The number of carboxylic acid groups (broad SMARTS) is 1. The number of carboxylic acids is 1. The van der Waals surface area contributed by atoms with Gasteiger partial charge in [-0.2, -0.15) is 0 Å². The lowest BCUT2D eigenvalue weighted by molar-refractivity contribution is -0.311. The summed E-state index contributed by atoms with van der Waals surface area (Å²) in [4.78, 5) is 10.2. The fourth-order valence-corrected chi connectivity index (χ4v) is 1.05. The smallest absolute Gasteiger partial charge is 0.0458 e. The summed E-state index contributed by atoms with van der Waals surface area (Å²) >= 11 is 0. The molecule has 10 heavy (non-hydrogen) atoms. The van der Waals surface area contributed by atoms with Crippen LogP contribution in [0.3, 0.4) is 0 Å². The summed E-state index contributed by atoms with van der Waals surface area (Å²) in [5.74, 6) is -1.17. The molecule has 1 fully saturated rings. The van der Waals surface area contributed by atoms with Gasteiger partial charge in [-0.3, -0.25) is 0 Å². The lowest BCUT2D eigenvalue weighted by atomic mass is 10.0. The van der Waals surface area contributed by atoms with Crippen LogP contribution in [-0.2, 0) is 4.79 Å². The number of rotatable bonds is 1. The molecule has 4 nitrogen and oxygen atoms in total. The Morgan fingerprint density at radius 3 is 2.60 bits per heavy atom. The molecular weight excluding hydrogens is 132 g/mol. The van der Waals surface area contributed by atoms with Crippen LogP contribution in [0.15, 0.2) is 0 Å². The van der Waals surface area contributed by atoms with Crippen LogP contribution in [0, 0.1) is 5.92 Å². The molecule has 0 aromatic heterocycles. The van der Waals surface area contributed by atoms with Crippen LogP contribution in [0.2, 0.25) is 0 Å². The molecule has 1 aliphatic heterocycles. The first-order valence-electron chi connectivity index (χ1n) is 3.22. The van der Waals surface area contributed by atoms with Crippen molar-refractivity contribution < 1.29 is 9.90 Å². The number of piperidine rings is 1. The van der Waals surface area contributed by atoms with Crippen LogP contribution >= 0.6 is 0 Å². The molecule has 0 aromatic rings. The molecule has 1 unspecified atom stereocenters. The van der Waals surface area contributed by atoms with E-state index < -0.39 is 5.97 Å². The van der Waals surface area contributed by atoms with Crippen LogP contribution in [0.25, 0.3) is 0 Å². The second kappa shape index (κ2) is 4.24. The van der Waals surface area contributed by atoms with E-state index in [2.05, 4.69) is 5.32 Å². The highest BCUT2D eigenvalue weighted by Crippen LogP contribution is 2.07. The van der Waals surface area contributed by atoms with E-state index in [0.29, 0.717) is 6.54 Å². The zero-order valence-corrected chi connectivity index (χ0v) is 6.22. The van der Waals surface area contributed by atoms with Crippen molar-refractivity contribution in [2.75, 3.05) is 13.1 Å². The molecule has 5 N–H and O–H groups in total. The number of hydrogen-bond acceptors (Lipinski definition) is 3. The molecule has 0 aliphatic carbocycles. The standard InChI is InChI=1S/C6H11NO2.H3N/c8-6(9)5-2-1-3-7-4-5;/h5,7H,1-4H2,(H,8,9);1H3. The first-order chi connectivity index (χ1) is 4.30. The van der Waals surface area contributed by atoms with Gasteiger partial charge in [0.1, 0.15) is 0 Å². The maximum absolute atomic E-state index is 10.2. The van der Waals surface area contributed by atoms with E-state index in [1.807, 2.05) is 0 Å². The quantitative estimate of drug-likeness (QED) is 0.503. The van der Waals surface area contributed by atoms with Gasteiger partial charge in [-0.1, -0.05) is 0 Å². The maximum atomic E-state index is 10.2. The second-order valence-corrected chi connectivity index (χ2v) is 2.36. The topological polar surface area (TPSA) is 88.7 Å².